The topological polar surface area (TPSA) is 92.4 Å². The van der Waals surface area contributed by atoms with Gasteiger partial charge in [0.1, 0.15) is 0 Å². The Kier molecular flexibility index (Phi) is 5.73. The molecule has 126 valence electrons. The van der Waals surface area contributed by atoms with Crippen LogP contribution < -0.4 is 20.7 Å². The number of hydrogen-bond acceptors (Lipinski definition) is 4. The number of carbonyl (C=O) groups is 2. The van der Waals surface area contributed by atoms with Gasteiger partial charge in [0.2, 0.25) is 5.88 Å². The molecule has 0 saturated heterocycles. The summed E-state index contributed by atoms with van der Waals surface area (Å²) in [6.45, 7) is 3.76. The second kappa shape index (κ2) is 7.96. The van der Waals surface area contributed by atoms with E-state index in [9.17, 15) is 9.59 Å². The summed E-state index contributed by atoms with van der Waals surface area (Å²) < 4.78 is 4.95. The predicted molar refractivity (Wildman–Crippen MR) is 92.5 cm³/mol. The average Bonchev–Trinajstić information content (AvgIpc) is 2.56. The Bertz CT molecular complexity index is 697. The number of carbonyl (C=O) groups excluding carboxylic acids is 2. The van der Waals surface area contributed by atoms with Gasteiger partial charge in [-0.2, -0.15) is 0 Å². The van der Waals surface area contributed by atoms with Gasteiger partial charge in [0.05, 0.1) is 12.7 Å². The highest BCUT2D eigenvalue weighted by atomic mass is 16.5. The lowest BCUT2D eigenvalue weighted by atomic mass is 10.2. The molecule has 0 fully saturated rings. The molecule has 0 aliphatic heterocycles. The van der Waals surface area contributed by atoms with E-state index in [1.165, 1.54) is 13.3 Å². The summed E-state index contributed by atoms with van der Waals surface area (Å²) >= 11 is 0. The van der Waals surface area contributed by atoms with Crippen LogP contribution >= 0.6 is 0 Å². The van der Waals surface area contributed by atoms with Crippen LogP contribution in [0.2, 0.25) is 0 Å². The number of anilines is 2. The fraction of sp³-hybridized carbons (Fsp3) is 0.235. The van der Waals surface area contributed by atoms with Crippen molar-refractivity contribution in [3.05, 3.63) is 48.2 Å². The van der Waals surface area contributed by atoms with Crippen LogP contribution in [0.3, 0.4) is 0 Å². The molecule has 0 bridgehead atoms. The smallest absolute Gasteiger partial charge is 0.319 e. The van der Waals surface area contributed by atoms with Crippen LogP contribution in [0.4, 0.5) is 16.2 Å². The highest BCUT2D eigenvalue weighted by Gasteiger charge is 2.08. The molecular formula is C17H20N4O3. The monoisotopic (exact) mass is 328 g/mol. The van der Waals surface area contributed by atoms with Crippen LogP contribution in [0, 0.1) is 0 Å². The van der Waals surface area contributed by atoms with Crippen molar-refractivity contribution in [3.8, 4) is 5.88 Å². The number of benzene rings is 1. The third-order valence-corrected chi connectivity index (χ3v) is 3.03. The minimum atomic E-state index is -0.275. The lowest BCUT2D eigenvalue weighted by Crippen LogP contribution is -2.34. The Labute approximate surface area is 140 Å². The molecule has 7 heteroatoms. The number of pyridine rings is 1. The molecule has 0 aliphatic rings. The average molecular weight is 328 g/mol. The molecule has 0 spiro atoms. The van der Waals surface area contributed by atoms with E-state index < -0.39 is 0 Å². The third kappa shape index (κ3) is 4.98. The van der Waals surface area contributed by atoms with Crippen molar-refractivity contribution in [2.24, 2.45) is 0 Å². The SMILES string of the molecule is COc1ccc(C(=O)Nc2ccc(NC(=O)NC(C)C)cc2)cn1. The Balaban J connectivity index is 1.95. The summed E-state index contributed by atoms with van der Waals surface area (Å²) in [7, 11) is 1.51. The van der Waals surface area contributed by atoms with E-state index >= 15 is 0 Å². The van der Waals surface area contributed by atoms with Crippen molar-refractivity contribution in [1.82, 2.24) is 10.3 Å². The molecule has 0 saturated carbocycles. The maximum atomic E-state index is 12.1. The quantitative estimate of drug-likeness (QED) is 0.787. The summed E-state index contributed by atoms with van der Waals surface area (Å²) in [5, 5.41) is 8.20. The fourth-order valence-corrected chi connectivity index (χ4v) is 1.90. The Morgan fingerprint density at radius 2 is 1.62 bits per heavy atom. The second-order valence-electron chi connectivity index (χ2n) is 5.37. The van der Waals surface area contributed by atoms with Crippen LogP contribution in [0.25, 0.3) is 0 Å². The largest absolute Gasteiger partial charge is 0.481 e. The number of rotatable bonds is 5. The fourth-order valence-electron chi connectivity index (χ4n) is 1.90. The van der Waals surface area contributed by atoms with E-state index in [4.69, 9.17) is 4.74 Å². The number of nitrogens with zero attached hydrogens (tertiary/aromatic N) is 1. The maximum Gasteiger partial charge on any atom is 0.319 e. The lowest BCUT2D eigenvalue weighted by molar-refractivity contribution is 0.102. The van der Waals surface area contributed by atoms with Gasteiger partial charge < -0.3 is 20.7 Å². The molecule has 3 N–H and O–H groups in total. The van der Waals surface area contributed by atoms with Gasteiger partial charge in [-0.15, -0.1) is 0 Å². The molecule has 3 amide bonds. The highest BCUT2D eigenvalue weighted by molar-refractivity contribution is 6.04. The van der Waals surface area contributed by atoms with Crippen LogP contribution in [-0.2, 0) is 0 Å². The Hall–Kier alpha value is -3.09. The van der Waals surface area contributed by atoms with Crippen LogP contribution in [-0.4, -0.2) is 30.1 Å². The first-order valence-electron chi connectivity index (χ1n) is 7.47. The van der Waals surface area contributed by atoms with Crippen molar-refractivity contribution in [2.45, 2.75) is 19.9 Å². The van der Waals surface area contributed by atoms with Crippen LogP contribution in [0.1, 0.15) is 24.2 Å². The van der Waals surface area contributed by atoms with Gasteiger partial charge in [0.25, 0.3) is 5.91 Å². The first kappa shape index (κ1) is 17.3. The minimum absolute atomic E-state index is 0.0571. The molecule has 0 atom stereocenters. The first-order chi connectivity index (χ1) is 11.5. The van der Waals surface area contributed by atoms with Gasteiger partial charge in [0.15, 0.2) is 0 Å². The number of aromatic nitrogens is 1. The van der Waals surface area contributed by atoms with Crippen LogP contribution in [0.5, 0.6) is 5.88 Å². The van der Waals surface area contributed by atoms with Crippen molar-refractivity contribution in [3.63, 3.8) is 0 Å². The second-order valence-corrected chi connectivity index (χ2v) is 5.37. The van der Waals surface area contributed by atoms with Gasteiger partial charge in [-0.25, -0.2) is 9.78 Å². The van der Waals surface area contributed by atoms with Crippen molar-refractivity contribution in [1.29, 1.82) is 0 Å². The van der Waals surface area contributed by atoms with E-state index in [2.05, 4.69) is 20.9 Å². The number of methoxy groups -OCH3 is 1. The zero-order chi connectivity index (χ0) is 17.5. The zero-order valence-electron chi connectivity index (χ0n) is 13.8. The van der Waals surface area contributed by atoms with Gasteiger partial charge >= 0.3 is 6.03 Å². The molecule has 0 radical (unpaired) electrons. The number of urea groups is 1. The number of ether oxygens (including phenoxy) is 1. The number of amides is 3. The molecule has 24 heavy (non-hydrogen) atoms. The maximum absolute atomic E-state index is 12.1. The first-order valence-corrected chi connectivity index (χ1v) is 7.47. The molecular weight excluding hydrogens is 308 g/mol. The Morgan fingerprint density at radius 3 is 2.12 bits per heavy atom. The zero-order valence-corrected chi connectivity index (χ0v) is 13.8. The summed E-state index contributed by atoms with van der Waals surface area (Å²) in [5.74, 6) is 0.171. The van der Waals surface area contributed by atoms with Gasteiger partial charge in [-0.1, -0.05) is 0 Å². The Morgan fingerprint density at radius 1 is 1.00 bits per heavy atom. The molecule has 0 unspecified atom stereocenters. The van der Waals surface area contributed by atoms with Gasteiger partial charge in [-0.05, 0) is 44.2 Å². The lowest BCUT2D eigenvalue weighted by Gasteiger charge is -2.11. The van der Waals surface area contributed by atoms with E-state index in [0.29, 0.717) is 22.8 Å². The predicted octanol–water partition coefficient (Wildman–Crippen LogP) is 2.87. The summed E-state index contributed by atoms with van der Waals surface area (Å²) in [4.78, 5) is 27.7. The highest BCUT2D eigenvalue weighted by Crippen LogP contribution is 2.15. The van der Waals surface area contributed by atoms with E-state index in [1.807, 2.05) is 13.8 Å². The van der Waals surface area contributed by atoms with E-state index in [1.54, 1.807) is 36.4 Å². The van der Waals surface area contributed by atoms with Gasteiger partial charge in [0, 0.05) is 29.7 Å². The normalized spacial score (nSPS) is 10.2. The molecule has 1 heterocycles. The number of nitrogens with one attached hydrogen (secondary N) is 3. The summed E-state index contributed by atoms with van der Waals surface area (Å²) in [6, 6.07) is 9.87. The standard InChI is InChI=1S/C17H20N4O3/c1-11(2)19-17(23)21-14-7-5-13(6-8-14)20-16(22)12-4-9-15(24-3)18-10-12/h4-11H,1-3H3,(H,20,22)(H2,19,21,23). The molecule has 7 nitrogen and oxygen atoms in total. The third-order valence-electron chi connectivity index (χ3n) is 3.03. The summed E-state index contributed by atoms with van der Waals surface area (Å²) in [6.07, 6.45) is 1.44. The van der Waals surface area contributed by atoms with Crippen molar-refractivity contribution in [2.75, 3.05) is 17.7 Å². The van der Waals surface area contributed by atoms with E-state index in [0.717, 1.165) is 0 Å². The van der Waals surface area contributed by atoms with Crippen LogP contribution in [0.15, 0.2) is 42.6 Å². The summed E-state index contributed by atoms with van der Waals surface area (Å²) in [5.41, 5.74) is 1.68. The van der Waals surface area contributed by atoms with Crippen molar-refractivity contribution < 1.29 is 14.3 Å². The molecule has 1 aromatic carbocycles. The van der Waals surface area contributed by atoms with Gasteiger partial charge in [-0.3, -0.25) is 4.79 Å². The minimum Gasteiger partial charge on any atom is -0.481 e. The molecule has 0 aliphatic carbocycles. The van der Waals surface area contributed by atoms with Crippen molar-refractivity contribution >= 4 is 23.3 Å². The van der Waals surface area contributed by atoms with E-state index in [-0.39, 0.29) is 18.0 Å². The molecule has 2 rings (SSSR count). The number of hydrogen-bond donors (Lipinski definition) is 3. The molecule has 2 aromatic rings. The molecule has 1 aromatic heterocycles.